The van der Waals surface area contributed by atoms with Crippen LogP contribution in [-0.2, 0) is 5.33 Å². The molecular formula is C15H14BrNO3. The van der Waals surface area contributed by atoms with Crippen LogP contribution in [0.25, 0.3) is 0 Å². The molecular weight excluding hydrogens is 322 g/mol. The molecule has 0 fully saturated rings. The molecule has 0 aliphatic rings. The summed E-state index contributed by atoms with van der Waals surface area (Å²) in [5.41, 5.74) is 2.89. The Hall–Kier alpha value is -1.88. The summed E-state index contributed by atoms with van der Waals surface area (Å²) in [6.45, 7) is 3.69. The summed E-state index contributed by atoms with van der Waals surface area (Å²) < 4.78 is 5.76. The highest BCUT2D eigenvalue weighted by molar-refractivity contribution is 9.08. The normalized spacial score (nSPS) is 10.3. The van der Waals surface area contributed by atoms with Gasteiger partial charge in [-0.3, -0.25) is 10.1 Å². The predicted octanol–water partition coefficient (Wildman–Crippen LogP) is 4.90. The van der Waals surface area contributed by atoms with Gasteiger partial charge in [-0.05, 0) is 43.2 Å². The third-order valence-corrected chi connectivity index (χ3v) is 3.74. The number of halogens is 1. The summed E-state index contributed by atoms with van der Waals surface area (Å²) in [4.78, 5) is 10.5. The number of nitrogens with zero attached hydrogens (tertiary/aromatic N) is 1. The van der Waals surface area contributed by atoms with Gasteiger partial charge in [0.15, 0.2) is 0 Å². The van der Waals surface area contributed by atoms with Crippen LogP contribution in [0.5, 0.6) is 11.5 Å². The fraction of sp³-hybridized carbons (Fsp3) is 0.200. The molecule has 0 unspecified atom stereocenters. The van der Waals surface area contributed by atoms with E-state index in [1.54, 1.807) is 19.1 Å². The maximum atomic E-state index is 10.9. The number of alkyl halides is 1. The molecule has 0 aliphatic carbocycles. The van der Waals surface area contributed by atoms with Crippen molar-refractivity contribution in [1.82, 2.24) is 0 Å². The Morgan fingerprint density at radius 1 is 1.25 bits per heavy atom. The highest BCUT2D eigenvalue weighted by Gasteiger charge is 2.14. The number of hydrogen-bond donors (Lipinski definition) is 0. The molecule has 4 nitrogen and oxygen atoms in total. The van der Waals surface area contributed by atoms with Crippen molar-refractivity contribution in [3.05, 3.63) is 63.2 Å². The molecule has 0 saturated carbocycles. The molecule has 2 rings (SSSR count). The number of nitro benzene ring substituents is 1. The van der Waals surface area contributed by atoms with Crippen LogP contribution in [0.3, 0.4) is 0 Å². The second-order valence-corrected chi connectivity index (χ2v) is 5.04. The molecule has 0 radical (unpaired) electrons. The van der Waals surface area contributed by atoms with Crippen LogP contribution in [0.2, 0.25) is 0 Å². The standard InChI is InChI=1S/C15H14BrNO3/c1-10-8-13(7-6-12(10)9-16)20-15-5-3-4-14(11(15)2)17(18)19/h3-8H,9H2,1-2H3. The number of ether oxygens (including phenoxy) is 1. The van der Waals surface area contributed by atoms with Crippen LogP contribution in [0.15, 0.2) is 36.4 Å². The van der Waals surface area contributed by atoms with Crippen LogP contribution in [0, 0.1) is 24.0 Å². The first kappa shape index (κ1) is 14.5. The Morgan fingerprint density at radius 2 is 2.00 bits per heavy atom. The second-order valence-electron chi connectivity index (χ2n) is 4.48. The molecule has 0 aliphatic heterocycles. The van der Waals surface area contributed by atoms with Gasteiger partial charge in [0.05, 0.1) is 10.5 Å². The van der Waals surface area contributed by atoms with Gasteiger partial charge in [-0.2, -0.15) is 0 Å². The van der Waals surface area contributed by atoms with E-state index in [1.165, 1.54) is 11.6 Å². The molecule has 0 heterocycles. The first-order valence-electron chi connectivity index (χ1n) is 6.10. The van der Waals surface area contributed by atoms with Gasteiger partial charge in [-0.15, -0.1) is 0 Å². The zero-order valence-electron chi connectivity index (χ0n) is 11.2. The average Bonchev–Trinajstić information content (AvgIpc) is 2.41. The van der Waals surface area contributed by atoms with E-state index in [9.17, 15) is 10.1 Å². The molecule has 2 aromatic rings. The Labute approximate surface area is 125 Å². The number of rotatable bonds is 4. The summed E-state index contributed by atoms with van der Waals surface area (Å²) in [5, 5.41) is 11.7. The van der Waals surface area contributed by atoms with E-state index in [0.717, 1.165) is 10.9 Å². The third kappa shape index (κ3) is 2.99. The van der Waals surface area contributed by atoms with Crippen molar-refractivity contribution in [2.75, 3.05) is 0 Å². The Kier molecular flexibility index (Phi) is 4.39. The van der Waals surface area contributed by atoms with E-state index in [2.05, 4.69) is 15.9 Å². The second kappa shape index (κ2) is 6.05. The zero-order chi connectivity index (χ0) is 14.7. The number of aryl methyl sites for hydroxylation is 1. The average molecular weight is 336 g/mol. The van der Waals surface area contributed by atoms with Gasteiger partial charge < -0.3 is 4.74 Å². The number of benzene rings is 2. The van der Waals surface area contributed by atoms with E-state index in [-0.39, 0.29) is 5.69 Å². The van der Waals surface area contributed by atoms with Gasteiger partial charge in [-0.25, -0.2) is 0 Å². The van der Waals surface area contributed by atoms with Gasteiger partial charge in [0.25, 0.3) is 5.69 Å². The highest BCUT2D eigenvalue weighted by atomic mass is 79.9. The highest BCUT2D eigenvalue weighted by Crippen LogP contribution is 2.31. The summed E-state index contributed by atoms with van der Waals surface area (Å²) >= 11 is 3.42. The van der Waals surface area contributed by atoms with Crippen molar-refractivity contribution in [3.8, 4) is 11.5 Å². The van der Waals surface area contributed by atoms with E-state index in [1.807, 2.05) is 25.1 Å². The van der Waals surface area contributed by atoms with Crippen molar-refractivity contribution < 1.29 is 9.66 Å². The van der Waals surface area contributed by atoms with Crippen molar-refractivity contribution >= 4 is 21.6 Å². The van der Waals surface area contributed by atoms with Crippen molar-refractivity contribution in [2.45, 2.75) is 19.2 Å². The Balaban J connectivity index is 2.33. The summed E-state index contributed by atoms with van der Waals surface area (Å²) in [5.74, 6) is 1.18. The first-order valence-corrected chi connectivity index (χ1v) is 7.22. The van der Waals surface area contributed by atoms with E-state index in [0.29, 0.717) is 17.1 Å². The van der Waals surface area contributed by atoms with Gasteiger partial charge in [0.2, 0.25) is 0 Å². The van der Waals surface area contributed by atoms with Gasteiger partial charge in [0, 0.05) is 11.4 Å². The lowest BCUT2D eigenvalue weighted by Crippen LogP contribution is -1.95. The maximum Gasteiger partial charge on any atom is 0.276 e. The molecule has 5 heteroatoms. The fourth-order valence-corrected chi connectivity index (χ4v) is 2.55. The van der Waals surface area contributed by atoms with E-state index >= 15 is 0 Å². The van der Waals surface area contributed by atoms with Crippen LogP contribution < -0.4 is 4.74 Å². The van der Waals surface area contributed by atoms with Gasteiger partial charge >= 0.3 is 0 Å². The predicted molar refractivity (Wildman–Crippen MR) is 81.7 cm³/mol. The molecule has 0 saturated heterocycles. The lowest BCUT2D eigenvalue weighted by Gasteiger charge is -2.10. The summed E-state index contributed by atoms with van der Waals surface area (Å²) in [6, 6.07) is 10.6. The summed E-state index contributed by atoms with van der Waals surface area (Å²) in [7, 11) is 0. The molecule has 0 N–H and O–H groups in total. The maximum absolute atomic E-state index is 10.9. The van der Waals surface area contributed by atoms with Crippen molar-refractivity contribution in [1.29, 1.82) is 0 Å². The third-order valence-electron chi connectivity index (χ3n) is 3.14. The van der Waals surface area contributed by atoms with Gasteiger partial charge in [-0.1, -0.05) is 28.1 Å². The minimum absolute atomic E-state index is 0.0660. The molecule has 0 spiro atoms. The van der Waals surface area contributed by atoms with Crippen molar-refractivity contribution in [3.63, 3.8) is 0 Å². The Bertz CT molecular complexity index is 656. The van der Waals surface area contributed by atoms with Crippen molar-refractivity contribution in [2.24, 2.45) is 0 Å². The monoisotopic (exact) mass is 335 g/mol. The van der Waals surface area contributed by atoms with Crippen LogP contribution in [0.1, 0.15) is 16.7 Å². The number of hydrogen-bond acceptors (Lipinski definition) is 3. The SMILES string of the molecule is Cc1cc(Oc2cccc([N+](=O)[O-])c2C)ccc1CBr. The Morgan fingerprint density at radius 3 is 2.60 bits per heavy atom. The van der Waals surface area contributed by atoms with Crippen LogP contribution >= 0.6 is 15.9 Å². The lowest BCUT2D eigenvalue weighted by molar-refractivity contribution is -0.385. The van der Waals surface area contributed by atoms with Crippen LogP contribution in [0.4, 0.5) is 5.69 Å². The lowest BCUT2D eigenvalue weighted by atomic mass is 10.1. The number of nitro groups is 1. The zero-order valence-corrected chi connectivity index (χ0v) is 12.8. The minimum atomic E-state index is -0.401. The molecule has 0 atom stereocenters. The molecule has 0 aromatic heterocycles. The van der Waals surface area contributed by atoms with E-state index < -0.39 is 4.92 Å². The van der Waals surface area contributed by atoms with Crippen LogP contribution in [-0.4, -0.2) is 4.92 Å². The van der Waals surface area contributed by atoms with E-state index in [4.69, 9.17) is 4.74 Å². The minimum Gasteiger partial charge on any atom is -0.457 e. The van der Waals surface area contributed by atoms with Gasteiger partial charge in [0.1, 0.15) is 11.5 Å². The molecule has 2 aromatic carbocycles. The topological polar surface area (TPSA) is 52.4 Å². The molecule has 0 amide bonds. The quantitative estimate of drug-likeness (QED) is 0.453. The molecule has 20 heavy (non-hydrogen) atoms. The molecule has 104 valence electrons. The smallest absolute Gasteiger partial charge is 0.276 e. The molecule has 0 bridgehead atoms. The first-order chi connectivity index (χ1) is 9.52. The fourth-order valence-electron chi connectivity index (χ4n) is 1.92. The largest absolute Gasteiger partial charge is 0.457 e. The summed E-state index contributed by atoms with van der Waals surface area (Å²) in [6.07, 6.45) is 0.